The molecule has 0 saturated heterocycles. The van der Waals surface area contributed by atoms with Crippen LogP contribution >= 0.6 is 0 Å². The Balaban J connectivity index is 1.45. The molecule has 1 aliphatic carbocycles. The van der Waals surface area contributed by atoms with Gasteiger partial charge in [0.2, 0.25) is 0 Å². The molecule has 1 aliphatic heterocycles. The lowest BCUT2D eigenvalue weighted by Gasteiger charge is -2.23. The van der Waals surface area contributed by atoms with Crippen molar-refractivity contribution in [3.63, 3.8) is 0 Å². The maximum Gasteiger partial charge on any atom is 0.162 e. The molecule has 0 atom stereocenters. The van der Waals surface area contributed by atoms with Gasteiger partial charge >= 0.3 is 0 Å². The molecule has 0 saturated carbocycles. The normalized spacial score (nSPS) is 15.3. The molecule has 0 N–H and O–H groups in total. The summed E-state index contributed by atoms with van der Waals surface area (Å²) in [6, 6.07) is 41.8. The molecule has 2 aromatic heterocycles. The highest BCUT2D eigenvalue weighted by Gasteiger charge is 2.43. The molecule has 0 bridgehead atoms. The molecule has 0 spiro atoms. The van der Waals surface area contributed by atoms with E-state index in [-0.39, 0.29) is 5.41 Å². The van der Waals surface area contributed by atoms with E-state index in [2.05, 4.69) is 147 Å². The van der Waals surface area contributed by atoms with Crippen LogP contribution in [0.4, 0.5) is 0 Å². The first-order chi connectivity index (χ1) is 20.9. The van der Waals surface area contributed by atoms with E-state index in [0.717, 1.165) is 22.9 Å². The number of fused-ring (bicyclic) bond motifs is 10. The maximum atomic E-state index is 5.49. The summed E-state index contributed by atoms with van der Waals surface area (Å²) in [7, 11) is -2.13. The van der Waals surface area contributed by atoms with Crippen molar-refractivity contribution in [1.82, 2.24) is 14.5 Å². The summed E-state index contributed by atoms with van der Waals surface area (Å²) in [4.78, 5) is 10.8. The molecule has 43 heavy (non-hydrogen) atoms. The van der Waals surface area contributed by atoms with Gasteiger partial charge in [-0.1, -0.05) is 130 Å². The van der Waals surface area contributed by atoms with Crippen LogP contribution in [-0.4, -0.2) is 22.6 Å². The van der Waals surface area contributed by atoms with Gasteiger partial charge in [0.1, 0.15) is 13.9 Å². The molecule has 3 heterocycles. The third kappa shape index (κ3) is 3.14. The Morgan fingerprint density at radius 3 is 2.16 bits per heavy atom. The Morgan fingerprint density at radius 1 is 0.628 bits per heavy atom. The molecule has 0 fully saturated rings. The predicted octanol–water partition coefficient (Wildman–Crippen LogP) is 8.35. The quantitative estimate of drug-likeness (QED) is 0.196. The van der Waals surface area contributed by atoms with Crippen molar-refractivity contribution in [1.29, 1.82) is 0 Å². The van der Waals surface area contributed by atoms with Gasteiger partial charge in [0.25, 0.3) is 0 Å². The van der Waals surface area contributed by atoms with Crippen LogP contribution in [0.3, 0.4) is 0 Å². The maximum absolute atomic E-state index is 5.49. The zero-order valence-corrected chi connectivity index (χ0v) is 25.8. The van der Waals surface area contributed by atoms with E-state index in [0.29, 0.717) is 0 Å². The molecule has 0 radical (unpaired) electrons. The number of hydrogen-bond acceptors (Lipinski definition) is 2. The molecular weight excluding hydrogens is 539 g/mol. The third-order valence-electron chi connectivity index (χ3n) is 9.97. The predicted molar refractivity (Wildman–Crippen MR) is 182 cm³/mol. The van der Waals surface area contributed by atoms with E-state index in [1.165, 1.54) is 60.0 Å². The highest BCUT2D eigenvalue weighted by atomic mass is 28.3. The molecule has 0 amide bonds. The highest BCUT2D eigenvalue weighted by Crippen LogP contribution is 2.53. The molecular formula is C39H31N3Si. The number of benzene rings is 5. The van der Waals surface area contributed by atoms with Gasteiger partial charge in [-0.15, -0.1) is 0 Å². The summed E-state index contributed by atoms with van der Waals surface area (Å²) in [5, 5.41) is 5.36. The topological polar surface area (TPSA) is 30.7 Å². The third-order valence-corrected chi connectivity index (χ3v) is 13.5. The van der Waals surface area contributed by atoms with Crippen molar-refractivity contribution in [2.45, 2.75) is 32.4 Å². The molecule has 206 valence electrons. The Morgan fingerprint density at radius 2 is 1.33 bits per heavy atom. The monoisotopic (exact) mass is 569 g/mol. The van der Waals surface area contributed by atoms with Crippen LogP contribution in [0.5, 0.6) is 0 Å². The SMILES string of the molecule is CC1(C)c2ccccc2-c2ccc3c(c21)c1ccccc1n3-c1nc(-c2ccccc2)nc2c1[Si](C)(C)c1ccccc1-2. The second-order valence-electron chi connectivity index (χ2n) is 13.0. The summed E-state index contributed by atoms with van der Waals surface area (Å²) in [5.74, 6) is 1.80. The molecule has 9 rings (SSSR count). The minimum atomic E-state index is -2.13. The average molecular weight is 570 g/mol. The molecule has 7 aromatic rings. The highest BCUT2D eigenvalue weighted by molar-refractivity contribution is 7.04. The lowest BCUT2D eigenvalue weighted by molar-refractivity contribution is 0.666. The summed E-state index contributed by atoms with van der Waals surface area (Å²) in [6.07, 6.45) is 0. The number of rotatable bonds is 2. The zero-order chi connectivity index (χ0) is 29.1. The van der Waals surface area contributed by atoms with Crippen molar-refractivity contribution in [2.75, 3.05) is 0 Å². The van der Waals surface area contributed by atoms with E-state index in [4.69, 9.17) is 9.97 Å². The lowest BCUT2D eigenvalue weighted by Crippen LogP contribution is -2.51. The van der Waals surface area contributed by atoms with Crippen LogP contribution in [-0.2, 0) is 5.41 Å². The van der Waals surface area contributed by atoms with Crippen LogP contribution in [0.25, 0.3) is 61.4 Å². The van der Waals surface area contributed by atoms with E-state index in [1.807, 2.05) is 0 Å². The van der Waals surface area contributed by atoms with Gasteiger partial charge < -0.3 is 0 Å². The Kier molecular flexibility index (Phi) is 4.83. The van der Waals surface area contributed by atoms with E-state index in [1.54, 1.807) is 0 Å². The number of aromatic nitrogens is 3. The second kappa shape index (κ2) is 8.39. The smallest absolute Gasteiger partial charge is 0.162 e. The fourth-order valence-electron chi connectivity index (χ4n) is 8.03. The fourth-order valence-corrected chi connectivity index (χ4v) is 11.2. The number of nitrogens with zero attached hydrogens (tertiary/aromatic N) is 3. The summed E-state index contributed by atoms with van der Waals surface area (Å²) < 4.78 is 2.46. The van der Waals surface area contributed by atoms with Crippen LogP contribution < -0.4 is 10.4 Å². The molecule has 3 nitrogen and oxygen atoms in total. The second-order valence-corrected chi connectivity index (χ2v) is 17.3. The van der Waals surface area contributed by atoms with Crippen LogP contribution in [0.1, 0.15) is 25.0 Å². The van der Waals surface area contributed by atoms with Crippen LogP contribution in [0.2, 0.25) is 13.1 Å². The van der Waals surface area contributed by atoms with Gasteiger partial charge in [-0.05, 0) is 45.1 Å². The van der Waals surface area contributed by atoms with Gasteiger partial charge in [0.15, 0.2) is 5.82 Å². The fraction of sp³-hybridized carbons (Fsp3) is 0.128. The lowest BCUT2D eigenvalue weighted by atomic mass is 9.80. The largest absolute Gasteiger partial charge is 0.294 e. The molecule has 2 aliphatic rings. The summed E-state index contributed by atoms with van der Waals surface area (Å²) in [5.41, 5.74) is 11.2. The summed E-state index contributed by atoms with van der Waals surface area (Å²) in [6.45, 7) is 9.67. The molecule has 5 aromatic carbocycles. The van der Waals surface area contributed by atoms with Crippen LogP contribution in [0, 0.1) is 0 Å². The van der Waals surface area contributed by atoms with Crippen molar-refractivity contribution in [3.8, 4) is 39.6 Å². The first-order valence-corrected chi connectivity index (χ1v) is 18.1. The Bertz CT molecular complexity index is 2290. The number of para-hydroxylation sites is 1. The van der Waals surface area contributed by atoms with Crippen molar-refractivity contribution >= 4 is 40.3 Å². The van der Waals surface area contributed by atoms with Gasteiger partial charge in [-0.3, -0.25) is 4.57 Å². The first-order valence-electron chi connectivity index (χ1n) is 15.1. The van der Waals surface area contributed by atoms with Gasteiger partial charge in [-0.25, -0.2) is 9.97 Å². The van der Waals surface area contributed by atoms with Gasteiger partial charge in [0, 0.05) is 26.9 Å². The van der Waals surface area contributed by atoms with E-state index >= 15 is 0 Å². The van der Waals surface area contributed by atoms with Crippen molar-refractivity contribution in [3.05, 3.63) is 126 Å². The van der Waals surface area contributed by atoms with Crippen LogP contribution in [0.15, 0.2) is 115 Å². The summed E-state index contributed by atoms with van der Waals surface area (Å²) >= 11 is 0. The van der Waals surface area contributed by atoms with E-state index in [9.17, 15) is 0 Å². The Hall–Kier alpha value is -4.80. The zero-order valence-electron chi connectivity index (χ0n) is 24.8. The van der Waals surface area contributed by atoms with Gasteiger partial charge in [0.05, 0.1) is 16.7 Å². The van der Waals surface area contributed by atoms with Crippen molar-refractivity contribution < 1.29 is 0 Å². The Labute approximate surface area is 252 Å². The first kappa shape index (κ1) is 24.8. The molecule has 4 heteroatoms. The van der Waals surface area contributed by atoms with E-state index < -0.39 is 8.07 Å². The minimum Gasteiger partial charge on any atom is -0.294 e. The van der Waals surface area contributed by atoms with Crippen molar-refractivity contribution in [2.24, 2.45) is 0 Å². The standard InChI is InChI=1S/C39H31N3Si/c1-39(2)29-19-11-8-16-25(29)26-22-23-31-33(34(26)39)27-17-9-12-20-30(27)42(31)38-36-35(28-18-10-13-21-32(28)43(36,3)4)40-37(41-38)24-14-6-5-7-15-24/h5-23H,1-4H3. The van der Waals surface area contributed by atoms with Gasteiger partial charge in [-0.2, -0.15) is 0 Å². The number of hydrogen-bond donors (Lipinski definition) is 0. The average Bonchev–Trinajstić information content (AvgIpc) is 3.58. The molecule has 0 unspecified atom stereocenters. The minimum absolute atomic E-state index is 0.118.